The highest BCUT2D eigenvalue weighted by atomic mass is 16.5. The Bertz CT molecular complexity index is 580. The second-order valence-corrected chi connectivity index (χ2v) is 4.94. The Morgan fingerprint density at radius 1 is 1.56 bits per heavy atom. The van der Waals surface area contributed by atoms with E-state index in [-0.39, 0.29) is 11.2 Å². The highest BCUT2D eigenvalue weighted by Gasteiger charge is 2.29. The number of nitrogens with two attached hydrogens (primary N) is 1. The van der Waals surface area contributed by atoms with Gasteiger partial charge in [0.25, 0.3) is 5.91 Å². The van der Waals surface area contributed by atoms with Gasteiger partial charge in [-0.2, -0.15) is 5.26 Å². The number of ether oxygens (including phenoxy) is 1. The van der Waals surface area contributed by atoms with Crippen molar-refractivity contribution in [2.75, 3.05) is 0 Å². The van der Waals surface area contributed by atoms with E-state index in [2.05, 4.69) is 0 Å². The summed E-state index contributed by atoms with van der Waals surface area (Å²) in [6, 6.07) is 7.37. The predicted molar refractivity (Wildman–Crippen MR) is 67.6 cm³/mol. The van der Waals surface area contributed by atoms with Crippen molar-refractivity contribution in [3.8, 4) is 11.8 Å². The minimum Gasteiger partial charge on any atom is -0.487 e. The van der Waals surface area contributed by atoms with Gasteiger partial charge in [-0.1, -0.05) is 6.07 Å². The number of nitrogens with zero attached hydrogens (tertiary/aromatic N) is 1. The molecule has 2 rings (SSSR count). The minimum absolute atomic E-state index is 0.0480. The van der Waals surface area contributed by atoms with Gasteiger partial charge in [-0.3, -0.25) is 4.79 Å². The summed E-state index contributed by atoms with van der Waals surface area (Å²) in [6.45, 7) is 4.04. The van der Waals surface area contributed by atoms with Crippen molar-refractivity contribution < 1.29 is 9.53 Å². The fourth-order valence-electron chi connectivity index (χ4n) is 2.04. The minimum atomic E-state index is -0.713. The van der Waals surface area contributed by atoms with Crippen LogP contribution in [0.2, 0.25) is 0 Å². The first-order chi connectivity index (χ1) is 8.41. The molecule has 1 amide bonds. The monoisotopic (exact) mass is 242 g/mol. The van der Waals surface area contributed by atoms with Gasteiger partial charge in [0.15, 0.2) is 0 Å². The van der Waals surface area contributed by atoms with Crippen LogP contribution in [0, 0.1) is 11.3 Å². The maximum Gasteiger partial charge on any atom is 0.259 e. The zero-order chi connectivity index (χ0) is 13.3. The number of amides is 1. The maximum absolute atomic E-state index is 11.0. The van der Waals surface area contributed by atoms with Crippen LogP contribution >= 0.6 is 0 Å². The van der Waals surface area contributed by atoms with Gasteiger partial charge in [0.2, 0.25) is 0 Å². The summed E-state index contributed by atoms with van der Waals surface area (Å²) in [5.74, 6) is 0.143. The number of fused-ring (bicyclic) bond motifs is 1. The number of benzene rings is 1. The van der Waals surface area contributed by atoms with Gasteiger partial charge in [0.1, 0.15) is 23.0 Å². The van der Waals surface area contributed by atoms with Crippen molar-refractivity contribution >= 4 is 12.0 Å². The molecule has 4 nitrogen and oxygen atoms in total. The lowest BCUT2D eigenvalue weighted by Gasteiger charge is -2.16. The molecule has 0 unspecified atom stereocenters. The molecule has 0 spiro atoms. The Kier molecular flexibility index (Phi) is 2.84. The van der Waals surface area contributed by atoms with Crippen molar-refractivity contribution in [3.05, 3.63) is 34.9 Å². The number of nitriles is 1. The van der Waals surface area contributed by atoms with Crippen LogP contribution < -0.4 is 10.5 Å². The molecule has 0 fully saturated rings. The second-order valence-electron chi connectivity index (χ2n) is 4.94. The van der Waals surface area contributed by atoms with E-state index in [1.165, 1.54) is 6.08 Å². The van der Waals surface area contributed by atoms with Crippen LogP contribution in [0.4, 0.5) is 0 Å². The van der Waals surface area contributed by atoms with E-state index in [0.29, 0.717) is 0 Å². The SMILES string of the molecule is CC1(C)Cc2cc(/C=C(/C#N)C(N)=O)ccc2O1. The summed E-state index contributed by atoms with van der Waals surface area (Å²) in [5.41, 5.74) is 6.71. The number of carbonyl (C=O) groups excluding carboxylic acids is 1. The largest absolute Gasteiger partial charge is 0.487 e. The Morgan fingerprint density at radius 3 is 2.89 bits per heavy atom. The summed E-state index contributed by atoms with van der Waals surface area (Å²) >= 11 is 0. The quantitative estimate of drug-likeness (QED) is 0.634. The van der Waals surface area contributed by atoms with Crippen molar-refractivity contribution in [1.29, 1.82) is 5.26 Å². The van der Waals surface area contributed by atoms with E-state index in [1.807, 2.05) is 26.0 Å². The number of hydrogen-bond acceptors (Lipinski definition) is 3. The molecule has 0 bridgehead atoms. The molecule has 0 aliphatic carbocycles. The van der Waals surface area contributed by atoms with Crippen LogP contribution in [0.25, 0.3) is 6.08 Å². The van der Waals surface area contributed by atoms with Crippen LogP contribution in [0.3, 0.4) is 0 Å². The lowest BCUT2D eigenvalue weighted by atomic mass is 9.99. The molecule has 1 aromatic carbocycles. The predicted octanol–water partition coefficient (Wildman–Crippen LogP) is 1.79. The van der Waals surface area contributed by atoms with Crippen molar-refractivity contribution in [1.82, 2.24) is 0 Å². The highest BCUT2D eigenvalue weighted by Crippen LogP contribution is 2.35. The van der Waals surface area contributed by atoms with Crippen LogP contribution in [0.1, 0.15) is 25.0 Å². The molecule has 1 aliphatic rings. The standard InChI is InChI=1S/C14H14N2O2/c1-14(2)7-10-5-9(3-4-12(10)18-14)6-11(8-15)13(16)17/h3-6H,7H2,1-2H3,(H2,16,17)/b11-6-. The molecule has 1 aromatic rings. The second kappa shape index (κ2) is 4.19. The van der Waals surface area contributed by atoms with Crippen LogP contribution in [0.15, 0.2) is 23.8 Å². The normalized spacial score (nSPS) is 16.6. The molecule has 18 heavy (non-hydrogen) atoms. The summed E-state index contributed by atoms with van der Waals surface area (Å²) in [5, 5.41) is 8.79. The maximum atomic E-state index is 11.0. The Labute approximate surface area is 106 Å². The smallest absolute Gasteiger partial charge is 0.259 e. The van der Waals surface area contributed by atoms with Crippen molar-refractivity contribution in [3.63, 3.8) is 0 Å². The van der Waals surface area contributed by atoms with E-state index in [4.69, 9.17) is 15.7 Å². The fraction of sp³-hybridized carbons (Fsp3) is 0.286. The topological polar surface area (TPSA) is 76.1 Å². The summed E-state index contributed by atoms with van der Waals surface area (Å²) in [6.07, 6.45) is 2.30. The molecule has 0 saturated heterocycles. The molecule has 92 valence electrons. The third kappa shape index (κ3) is 2.35. The summed E-state index contributed by atoms with van der Waals surface area (Å²) in [4.78, 5) is 11.0. The number of carbonyl (C=O) groups is 1. The van der Waals surface area contributed by atoms with Gasteiger partial charge >= 0.3 is 0 Å². The zero-order valence-electron chi connectivity index (χ0n) is 10.4. The summed E-state index contributed by atoms with van der Waals surface area (Å²) in [7, 11) is 0. The average molecular weight is 242 g/mol. The molecular formula is C14H14N2O2. The van der Waals surface area contributed by atoms with Gasteiger partial charge in [-0.05, 0) is 43.2 Å². The van der Waals surface area contributed by atoms with E-state index in [1.54, 1.807) is 12.1 Å². The van der Waals surface area contributed by atoms with Crippen LogP contribution in [-0.2, 0) is 11.2 Å². The van der Waals surface area contributed by atoms with Crippen molar-refractivity contribution in [2.45, 2.75) is 25.9 Å². The number of primary amides is 1. The number of hydrogen-bond donors (Lipinski definition) is 1. The summed E-state index contributed by atoms with van der Waals surface area (Å²) < 4.78 is 5.75. The third-order valence-electron chi connectivity index (χ3n) is 2.78. The van der Waals surface area contributed by atoms with Gasteiger partial charge in [-0.25, -0.2) is 0 Å². The van der Waals surface area contributed by atoms with Crippen LogP contribution in [0.5, 0.6) is 5.75 Å². The first-order valence-corrected chi connectivity index (χ1v) is 5.65. The zero-order valence-corrected chi connectivity index (χ0v) is 10.4. The Morgan fingerprint density at radius 2 is 2.28 bits per heavy atom. The lowest BCUT2D eigenvalue weighted by Crippen LogP contribution is -2.24. The molecule has 1 aliphatic heterocycles. The van der Waals surface area contributed by atoms with E-state index in [9.17, 15) is 4.79 Å². The Balaban J connectivity index is 2.36. The Hall–Kier alpha value is -2.28. The van der Waals surface area contributed by atoms with Crippen molar-refractivity contribution in [2.24, 2.45) is 5.73 Å². The molecule has 1 heterocycles. The van der Waals surface area contributed by atoms with Gasteiger partial charge < -0.3 is 10.5 Å². The van der Waals surface area contributed by atoms with Gasteiger partial charge in [0.05, 0.1) is 0 Å². The molecule has 0 radical (unpaired) electrons. The first kappa shape index (κ1) is 12.2. The number of rotatable bonds is 2. The molecular weight excluding hydrogens is 228 g/mol. The average Bonchev–Trinajstić information content (AvgIpc) is 2.58. The highest BCUT2D eigenvalue weighted by molar-refractivity contribution is 6.00. The van der Waals surface area contributed by atoms with Crippen LogP contribution in [-0.4, -0.2) is 11.5 Å². The first-order valence-electron chi connectivity index (χ1n) is 5.65. The molecule has 0 atom stereocenters. The van der Waals surface area contributed by atoms with E-state index in [0.717, 1.165) is 23.3 Å². The molecule has 2 N–H and O–H groups in total. The molecule has 0 aromatic heterocycles. The van der Waals surface area contributed by atoms with Gasteiger partial charge in [0, 0.05) is 6.42 Å². The van der Waals surface area contributed by atoms with Gasteiger partial charge in [-0.15, -0.1) is 0 Å². The lowest BCUT2D eigenvalue weighted by molar-refractivity contribution is -0.114. The molecule has 4 heteroatoms. The third-order valence-corrected chi connectivity index (χ3v) is 2.78. The van der Waals surface area contributed by atoms with E-state index < -0.39 is 5.91 Å². The van der Waals surface area contributed by atoms with E-state index >= 15 is 0 Å². The molecule has 0 saturated carbocycles. The fourth-order valence-corrected chi connectivity index (χ4v) is 2.04.